The van der Waals surface area contributed by atoms with Crippen LogP contribution in [0.15, 0.2) is 34.2 Å². The second-order valence-electron chi connectivity index (χ2n) is 10.0. The number of fused-ring (bicyclic) bond motifs is 2. The molecule has 2 aliphatic rings. The minimum absolute atomic E-state index is 0.105. The third-order valence-electron chi connectivity index (χ3n) is 6.88. The Morgan fingerprint density at radius 3 is 2.44 bits per heavy atom. The van der Waals surface area contributed by atoms with Crippen LogP contribution in [0.3, 0.4) is 0 Å². The molecule has 0 aromatic rings. The summed E-state index contributed by atoms with van der Waals surface area (Å²) in [6.07, 6.45) is 11.3. The van der Waals surface area contributed by atoms with Gasteiger partial charge in [0.2, 0.25) is 5.91 Å². The van der Waals surface area contributed by atoms with Gasteiger partial charge < -0.3 is 15.8 Å². The van der Waals surface area contributed by atoms with Gasteiger partial charge >= 0.3 is 0 Å². The Bertz CT molecular complexity index is 735. The molecule has 2 fully saturated rings. The molecular formula is C25H42BrN3O2S. The molecule has 2 bridgehead atoms. The highest BCUT2D eigenvalue weighted by molar-refractivity contribution is 9.12. The van der Waals surface area contributed by atoms with Gasteiger partial charge in [0.05, 0.1) is 5.54 Å². The van der Waals surface area contributed by atoms with Crippen molar-refractivity contribution in [2.75, 3.05) is 14.1 Å². The molecule has 0 aromatic heterocycles. The largest absolute Gasteiger partial charge is 0.369 e. The highest BCUT2D eigenvalue weighted by Crippen LogP contribution is 2.50. The molecule has 0 spiro atoms. The van der Waals surface area contributed by atoms with Gasteiger partial charge in [0.25, 0.3) is 0 Å². The smallest absolute Gasteiger partial charge is 0.223 e. The van der Waals surface area contributed by atoms with E-state index < -0.39 is 5.54 Å². The molecule has 3 N–H and O–H groups in total. The van der Waals surface area contributed by atoms with Crippen molar-refractivity contribution in [3.63, 3.8) is 0 Å². The number of hydrogen-bond donors (Lipinski definition) is 2. The van der Waals surface area contributed by atoms with Crippen LogP contribution in [-0.4, -0.2) is 42.2 Å². The van der Waals surface area contributed by atoms with Gasteiger partial charge in [-0.25, -0.2) is 4.31 Å². The fourth-order valence-electron chi connectivity index (χ4n) is 4.90. The third-order valence-corrected chi connectivity index (χ3v) is 8.90. The minimum atomic E-state index is -0.498. The van der Waals surface area contributed by atoms with Crippen LogP contribution in [0.1, 0.15) is 60.3 Å². The van der Waals surface area contributed by atoms with E-state index in [1.165, 1.54) is 24.8 Å². The van der Waals surface area contributed by atoms with Crippen LogP contribution < -0.4 is 11.1 Å². The Morgan fingerprint density at radius 2 is 1.97 bits per heavy atom. The van der Waals surface area contributed by atoms with E-state index in [2.05, 4.69) is 41.7 Å². The maximum absolute atomic E-state index is 11.6. The predicted molar refractivity (Wildman–Crippen MR) is 141 cm³/mol. The first kappa shape index (κ1) is 29.1. The Labute approximate surface area is 208 Å². The first-order valence-corrected chi connectivity index (χ1v) is 12.9. The van der Waals surface area contributed by atoms with Crippen LogP contribution >= 0.6 is 27.9 Å². The van der Waals surface area contributed by atoms with Crippen molar-refractivity contribution in [1.82, 2.24) is 9.62 Å². The Kier molecular flexibility index (Phi) is 11.4. The van der Waals surface area contributed by atoms with E-state index in [0.717, 1.165) is 34.4 Å². The molecule has 0 aliphatic heterocycles. The molecule has 5 nitrogen and oxygen atoms in total. The number of primary amides is 1. The van der Waals surface area contributed by atoms with Crippen LogP contribution in [0.25, 0.3) is 0 Å². The molecule has 7 heteroatoms. The number of halogens is 1. The van der Waals surface area contributed by atoms with Gasteiger partial charge in [-0.1, -0.05) is 48.5 Å². The molecule has 5 unspecified atom stereocenters. The average Bonchev–Trinajstić information content (AvgIpc) is 2.70. The summed E-state index contributed by atoms with van der Waals surface area (Å²) < 4.78 is 2.71. The maximum Gasteiger partial charge on any atom is 0.223 e. The summed E-state index contributed by atoms with van der Waals surface area (Å²) in [5.74, 6) is 1.96. The fourth-order valence-corrected chi connectivity index (χ4v) is 6.06. The number of aldehydes is 1. The molecule has 0 aromatic carbocycles. The van der Waals surface area contributed by atoms with Crippen molar-refractivity contribution in [3.05, 3.63) is 34.2 Å². The van der Waals surface area contributed by atoms with Gasteiger partial charge in [-0.15, -0.1) is 0 Å². The van der Waals surface area contributed by atoms with Gasteiger partial charge in [0.1, 0.15) is 6.29 Å². The fraction of sp³-hybridized carbons (Fsp3) is 0.680. The van der Waals surface area contributed by atoms with Crippen LogP contribution in [0.5, 0.6) is 0 Å². The van der Waals surface area contributed by atoms with E-state index in [4.69, 9.17) is 5.73 Å². The average molecular weight is 529 g/mol. The predicted octanol–water partition coefficient (Wildman–Crippen LogP) is 5.43. The highest BCUT2D eigenvalue weighted by Gasteiger charge is 2.47. The van der Waals surface area contributed by atoms with Crippen molar-refractivity contribution in [2.45, 2.75) is 71.9 Å². The number of carbonyl (C=O) groups excluding carboxylic acids is 2. The Balaban J connectivity index is 0.000000320. The molecular weight excluding hydrogens is 486 g/mol. The normalized spacial score (nSPS) is 30.6. The standard InChI is InChI=1S/C13H24N2O.C12H18BrNOS/c1-8-4-9-5-10(11(8)15-3)7-13(2,6-9)12(14)16;1-6-7-8-11(10(2)13)16-14(5)12(3,4)9-15/h8-11,15H,4-7H2,1-3H3,(H2,14,16);6-9H,2H2,1,3-5H3/b;7-6-,11-8+. The van der Waals surface area contributed by atoms with Crippen LogP contribution in [-0.2, 0) is 9.59 Å². The molecule has 0 heterocycles. The number of allylic oxidation sites excluding steroid dienone is 4. The number of hydrogen-bond acceptors (Lipinski definition) is 5. The monoisotopic (exact) mass is 527 g/mol. The highest BCUT2D eigenvalue weighted by atomic mass is 79.9. The quantitative estimate of drug-likeness (QED) is 0.250. The third kappa shape index (κ3) is 7.86. The number of carbonyl (C=O) groups is 2. The molecule has 0 saturated heterocycles. The number of nitrogens with one attached hydrogen (secondary N) is 1. The summed E-state index contributed by atoms with van der Waals surface area (Å²) in [4.78, 5) is 23.5. The zero-order chi connectivity index (χ0) is 24.7. The Morgan fingerprint density at radius 1 is 1.34 bits per heavy atom. The lowest BCUT2D eigenvalue weighted by Crippen LogP contribution is -2.52. The minimum Gasteiger partial charge on any atom is -0.369 e. The van der Waals surface area contributed by atoms with E-state index >= 15 is 0 Å². The zero-order valence-electron chi connectivity index (χ0n) is 20.8. The first-order chi connectivity index (χ1) is 14.8. The van der Waals surface area contributed by atoms with Crippen LogP contribution in [0.4, 0.5) is 0 Å². The lowest BCUT2D eigenvalue weighted by Gasteiger charge is -2.49. The summed E-state index contributed by atoms with van der Waals surface area (Å²) in [5, 5.41) is 3.43. The van der Waals surface area contributed by atoms with Crippen molar-refractivity contribution >= 4 is 40.1 Å². The molecule has 1 amide bonds. The number of amides is 1. The van der Waals surface area contributed by atoms with Gasteiger partial charge in [-0.2, -0.15) is 0 Å². The van der Waals surface area contributed by atoms with E-state index in [9.17, 15) is 9.59 Å². The maximum atomic E-state index is 11.6. The van der Waals surface area contributed by atoms with Crippen molar-refractivity contribution < 1.29 is 9.59 Å². The van der Waals surface area contributed by atoms with E-state index in [1.807, 2.05) is 57.4 Å². The summed E-state index contributed by atoms with van der Waals surface area (Å²) in [6, 6.07) is 0.565. The zero-order valence-corrected chi connectivity index (χ0v) is 23.2. The topological polar surface area (TPSA) is 75.4 Å². The summed E-state index contributed by atoms with van der Waals surface area (Å²) in [7, 11) is 3.93. The van der Waals surface area contributed by atoms with Crippen molar-refractivity contribution in [1.29, 1.82) is 0 Å². The van der Waals surface area contributed by atoms with Crippen molar-refractivity contribution in [2.24, 2.45) is 28.9 Å². The second-order valence-corrected chi connectivity index (χ2v) is 12.2. The van der Waals surface area contributed by atoms with Crippen LogP contribution in [0.2, 0.25) is 0 Å². The number of nitrogens with zero attached hydrogens (tertiary/aromatic N) is 1. The second kappa shape index (κ2) is 12.5. The number of rotatable bonds is 8. The number of nitrogens with two attached hydrogens (primary N) is 1. The molecule has 5 atom stereocenters. The van der Waals surface area contributed by atoms with Gasteiger partial charge in [-0.05, 0) is 96.3 Å². The Hall–Kier alpha value is -0.890. The van der Waals surface area contributed by atoms with E-state index in [-0.39, 0.29) is 11.3 Å². The SMILES string of the molecule is C=C(Br)/C(=C\C=C/C)SN(C)C(C)(C)C=O.CNC1C(C)CC2CC1CC(C)(C(N)=O)C2. The molecule has 32 heavy (non-hydrogen) atoms. The first-order valence-electron chi connectivity index (χ1n) is 11.3. The van der Waals surface area contributed by atoms with Crippen LogP contribution in [0, 0.1) is 23.2 Å². The molecule has 182 valence electrons. The van der Waals surface area contributed by atoms with Crippen molar-refractivity contribution in [3.8, 4) is 0 Å². The lowest BCUT2D eigenvalue weighted by atomic mass is 9.57. The van der Waals surface area contributed by atoms with E-state index in [0.29, 0.717) is 17.9 Å². The summed E-state index contributed by atoms with van der Waals surface area (Å²) in [5.41, 5.74) is 4.81. The lowest BCUT2D eigenvalue weighted by molar-refractivity contribution is -0.132. The number of likely N-dealkylation sites (N-methyl/N-ethyl adjacent to an activating group) is 1. The van der Waals surface area contributed by atoms with Gasteiger partial charge in [0, 0.05) is 20.8 Å². The summed E-state index contributed by atoms with van der Waals surface area (Å²) >= 11 is 4.85. The summed E-state index contributed by atoms with van der Waals surface area (Å²) in [6.45, 7) is 13.9. The van der Waals surface area contributed by atoms with E-state index in [1.54, 1.807) is 0 Å². The molecule has 2 rings (SSSR count). The van der Waals surface area contributed by atoms with Gasteiger partial charge in [0.15, 0.2) is 0 Å². The van der Waals surface area contributed by atoms with Gasteiger partial charge in [-0.3, -0.25) is 4.79 Å². The molecule has 0 radical (unpaired) electrons. The molecule has 2 saturated carbocycles. The molecule has 2 aliphatic carbocycles.